The van der Waals surface area contributed by atoms with E-state index in [1.807, 2.05) is 4.90 Å². The number of likely N-dealkylation sites (tertiary alicyclic amines) is 1. The third-order valence-corrected chi connectivity index (χ3v) is 6.31. The SMILES string of the molecule is CC(C)(C)[C@H]1C[C@@H](O)CC2(CCN(C(=O)c3n[nH]c4c3COCC4)CC2)O1. The van der Waals surface area contributed by atoms with E-state index in [0.29, 0.717) is 44.8 Å². The number of ether oxygens (including phenoxy) is 2. The van der Waals surface area contributed by atoms with Crippen LogP contribution in [-0.4, -0.2) is 63.6 Å². The number of nitrogens with one attached hydrogen (secondary N) is 1. The smallest absolute Gasteiger partial charge is 0.274 e. The van der Waals surface area contributed by atoms with Gasteiger partial charge in [-0.3, -0.25) is 9.89 Å². The number of piperidine rings is 1. The number of carbonyl (C=O) groups excluding carboxylic acids is 1. The maximum absolute atomic E-state index is 13.0. The Kier molecular flexibility index (Phi) is 4.81. The quantitative estimate of drug-likeness (QED) is 0.782. The molecule has 2 fully saturated rings. The molecule has 150 valence electrons. The van der Waals surface area contributed by atoms with E-state index in [1.165, 1.54) is 0 Å². The summed E-state index contributed by atoms with van der Waals surface area (Å²) >= 11 is 0. The Labute approximate surface area is 160 Å². The zero-order valence-corrected chi connectivity index (χ0v) is 16.6. The fraction of sp³-hybridized carbons (Fsp3) is 0.800. The molecule has 0 unspecified atom stereocenters. The van der Waals surface area contributed by atoms with Crippen LogP contribution in [0.1, 0.15) is 68.2 Å². The van der Waals surface area contributed by atoms with Gasteiger partial charge in [-0.15, -0.1) is 0 Å². The molecule has 3 aliphatic rings. The molecule has 0 aliphatic carbocycles. The summed E-state index contributed by atoms with van der Waals surface area (Å²) in [7, 11) is 0. The van der Waals surface area contributed by atoms with Crippen molar-refractivity contribution in [1.82, 2.24) is 15.1 Å². The largest absolute Gasteiger partial charge is 0.393 e. The predicted molar refractivity (Wildman–Crippen MR) is 99.4 cm³/mol. The number of aromatic amines is 1. The van der Waals surface area contributed by atoms with Crippen LogP contribution in [-0.2, 0) is 22.5 Å². The second-order valence-electron chi connectivity index (χ2n) is 9.37. The van der Waals surface area contributed by atoms with Gasteiger partial charge in [0, 0.05) is 43.6 Å². The summed E-state index contributed by atoms with van der Waals surface area (Å²) in [6.45, 7) is 8.85. The molecule has 0 bridgehead atoms. The summed E-state index contributed by atoms with van der Waals surface area (Å²) in [5, 5.41) is 17.7. The molecule has 3 aliphatic heterocycles. The Morgan fingerprint density at radius 1 is 1.33 bits per heavy atom. The lowest BCUT2D eigenvalue weighted by atomic mass is 9.76. The Morgan fingerprint density at radius 2 is 2.07 bits per heavy atom. The van der Waals surface area contributed by atoms with E-state index in [4.69, 9.17) is 9.47 Å². The number of fused-ring (bicyclic) bond motifs is 1. The van der Waals surface area contributed by atoms with Gasteiger partial charge in [0.1, 0.15) is 0 Å². The number of nitrogens with zero attached hydrogens (tertiary/aromatic N) is 2. The van der Waals surface area contributed by atoms with E-state index in [2.05, 4.69) is 31.0 Å². The zero-order chi connectivity index (χ0) is 19.2. The molecule has 1 aromatic heterocycles. The molecule has 7 heteroatoms. The number of H-pyrrole nitrogens is 1. The van der Waals surface area contributed by atoms with Crippen molar-refractivity contribution < 1.29 is 19.4 Å². The first-order chi connectivity index (χ1) is 12.8. The minimum atomic E-state index is -0.333. The number of amides is 1. The third kappa shape index (κ3) is 3.65. The van der Waals surface area contributed by atoms with Gasteiger partial charge in [0.05, 0.1) is 31.0 Å². The van der Waals surface area contributed by atoms with Crippen molar-refractivity contribution in [2.24, 2.45) is 5.41 Å². The van der Waals surface area contributed by atoms with Crippen molar-refractivity contribution in [2.75, 3.05) is 19.7 Å². The highest BCUT2D eigenvalue weighted by molar-refractivity contribution is 5.94. The Morgan fingerprint density at radius 3 is 2.78 bits per heavy atom. The summed E-state index contributed by atoms with van der Waals surface area (Å²) in [6, 6.07) is 0. The van der Waals surface area contributed by atoms with E-state index in [0.717, 1.165) is 30.5 Å². The molecule has 27 heavy (non-hydrogen) atoms. The highest BCUT2D eigenvalue weighted by Gasteiger charge is 2.46. The molecule has 0 saturated carbocycles. The van der Waals surface area contributed by atoms with Crippen LogP contribution in [0.2, 0.25) is 0 Å². The van der Waals surface area contributed by atoms with Crippen LogP contribution in [0, 0.1) is 5.41 Å². The van der Waals surface area contributed by atoms with Gasteiger partial charge in [0.25, 0.3) is 5.91 Å². The van der Waals surface area contributed by atoms with Gasteiger partial charge in [-0.2, -0.15) is 5.10 Å². The van der Waals surface area contributed by atoms with Crippen molar-refractivity contribution in [1.29, 1.82) is 0 Å². The van der Waals surface area contributed by atoms with Crippen LogP contribution in [0.25, 0.3) is 0 Å². The number of aliphatic hydroxyl groups excluding tert-OH is 1. The van der Waals surface area contributed by atoms with Crippen LogP contribution in [0.3, 0.4) is 0 Å². The van der Waals surface area contributed by atoms with Crippen molar-refractivity contribution in [2.45, 2.75) is 77.3 Å². The molecule has 7 nitrogen and oxygen atoms in total. The number of rotatable bonds is 1. The molecule has 1 amide bonds. The second kappa shape index (κ2) is 6.87. The summed E-state index contributed by atoms with van der Waals surface area (Å²) in [6.07, 6.45) is 3.34. The van der Waals surface area contributed by atoms with E-state index >= 15 is 0 Å². The summed E-state index contributed by atoms with van der Waals surface area (Å²) in [5.41, 5.74) is 2.10. The minimum absolute atomic E-state index is 0.00450. The lowest BCUT2D eigenvalue weighted by molar-refractivity contribution is -0.205. The molecule has 1 spiro atoms. The number of hydrogen-bond acceptors (Lipinski definition) is 5. The standard InChI is InChI=1S/C20H31N3O4/c1-19(2,3)16-10-13(24)11-20(27-16)5-7-23(8-6-20)18(25)17-14-12-26-9-4-15(14)21-22-17/h13,16,24H,4-12H2,1-3H3,(H,21,22)/t13-,16-/m1/s1. The first-order valence-electron chi connectivity index (χ1n) is 10.1. The maximum atomic E-state index is 13.0. The lowest BCUT2D eigenvalue weighted by Crippen LogP contribution is -2.55. The van der Waals surface area contributed by atoms with Crippen LogP contribution in [0.4, 0.5) is 0 Å². The average Bonchev–Trinajstić information content (AvgIpc) is 3.04. The maximum Gasteiger partial charge on any atom is 0.274 e. The fourth-order valence-electron chi connectivity index (χ4n) is 4.57. The van der Waals surface area contributed by atoms with Crippen molar-refractivity contribution >= 4 is 5.91 Å². The molecule has 2 N–H and O–H groups in total. The van der Waals surface area contributed by atoms with E-state index in [9.17, 15) is 9.90 Å². The summed E-state index contributed by atoms with van der Waals surface area (Å²) in [4.78, 5) is 14.9. The van der Waals surface area contributed by atoms with Gasteiger partial charge in [-0.05, 0) is 18.3 Å². The highest BCUT2D eigenvalue weighted by Crippen LogP contribution is 2.42. The van der Waals surface area contributed by atoms with Crippen molar-refractivity contribution in [3.05, 3.63) is 17.0 Å². The Hall–Kier alpha value is -1.44. The van der Waals surface area contributed by atoms with Gasteiger partial charge in [-0.1, -0.05) is 20.8 Å². The van der Waals surface area contributed by atoms with E-state index < -0.39 is 0 Å². The van der Waals surface area contributed by atoms with E-state index in [1.54, 1.807) is 0 Å². The number of carbonyl (C=O) groups is 1. The first kappa shape index (κ1) is 18.9. The molecule has 0 aromatic carbocycles. The topological polar surface area (TPSA) is 87.7 Å². The normalized spacial score (nSPS) is 28.2. The molecule has 1 aromatic rings. The van der Waals surface area contributed by atoms with Crippen molar-refractivity contribution in [3.8, 4) is 0 Å². The van der Waals surface area contributed by atoms with Crippen LogP contribution in [0.5, 0.6) is 0 Å². The molecule has 2 atom stereocenters. The van der Waals surface area contributed by atoms with E-state index in [-0.39, 0.29) is 29.1 Å². The Bertz CT molecular complexity index is 701. The van der Waals surface area contributed by atoms with Gasteiger partial charge in [0.2, 0.25) is 0 Å². The lowest BCUT2D eigenvalue weighted by Gasteiger charge is -2.50. The average molecular weight is 377 g/mol. The van der Waals surface area contributed by atoms with Gasteiger partial charge < -0.3 is 19.5 Å². The van der Waals surface area contributed by atoms with Gasteiger partial charge in [-0.25, -0.2) is 0 Å². The number of aliphatic hydroxyl groups is 1. The van der Waals surface area contributed by atoms with Gasteiger partial charge in [0.15, 0.2) is 5.69 Å². The molecule has 2 saturated heterocycles. The molecular weight excluding hydrogens is 346 g/mol. The van der Waals surface area contributed by atoms with Crippen LogP contribution >= 0.6 is 0 Å². The summed E-state index contributed by atoms with van der Waals surface area (Å²) in [5.74, 6) is -0.0309. The first-order valence-corrected chi connectivity index (χ1v) is 10.1. The summed E-state index contributed by atoms with van der Waals surface area (Å²) < 4.78 is 12.0. The second-order valence-corrected chi connectivity index (χ2v) is 9.37. The molecule has 4 rings (SSSR count). The number of aromatic nitrogens is 2. The van der Waals surface area contributed by atoms with Gasteiger partial charge >= 0.3 is 0 Å². The monoisotopic (exact) mass is 377 g/mol. The molecular formula is C20H31N3O4. The van der Waals surface area contributed by atoms with Crippen molar-refractivity contribution in [3.63, 3.8) is 0 Å². The minimum Gasteiger partial charge on any atom is -0.393 e. The molecule has 4 heterocycles. The van der Waals surface area contributed by atoms with Crippen LogP contribution < -0.4 is 0 Å². The Balaban J connectivity index is 1.44. The highest BCUT2D eigenvalue weighted by atomic mass is 16.5. The zero-order valence-electron chi connectivity index (χ0n) is 16.6. The van der Waals surface area contributed by atoms with Crippen LogP contribution in [0.15, 0.2) is 0 Å². The fourth-order valence-corrected chi connectivity index (χ4v) is 4.57. The predicted octanol–water partition coefficient (Wildman–Crippen LogP) is 2.04. The molecule has 0 radical (unpaired) electrons. The third-order valence-electron chi connectivity index (χ3n) is 6.31. The number of hydrogen-bond donors (Lipinski definition) is 2.